The zero-order valence-corrected chi connectivity index (χ0v) is 21.0. The van der Waals surface area contributed by atoms with Gasteiger partial charge in [-0.15, -0.1) is 0 Å². The Morgan fingerprint density at radius 1 is 0.914 bits per heavy atom. The molecule has 0 saturated carbocycles. The Kier molecular flexibility index (Phi) is 7.70. The van der Waals surface area contributed by atoms with Gasteiger partial charge in [-0.3, -0.25) is 4.99 Å². The fourth-order valence-electron chi connectivity index (χ4n) is 3.41. The summed E-state index contributed by atoms with van der Waals surface area (Å²) in [5.74, 6) is 1.78. The molecule has 0 fully saturated rings. The number of hydrogen-bond donors (Lipinski definition) is 0. The minimum absolute atomic E-state index is 0.0647. The summed E-state index contributed by atoms with van der Waals surface area (Å²) in [6.45, 7) is 2.15. The molecule has 0 unspecified atom stereocenters. The van der Waals surface area contributed by atoms with Gasteiger partial charge in [0.1, 0.15) is 17.3 Å². The molecule has 0 saturated heterocycles. The number of nitrogens with zero attached hydrogens (tertiary/aromatic N) is 2. The molecule has 180 valence electrons. The molecule has 1 heterocycles. The molecule has 3 aromatic carbocycles. The van der Waals surface area contributed by atoms with Gasteiger partial charge in [-0.05, 0) is 73.2 Å². The van der Waals surface area contributed by atoms with Crippen LogP contribution in [0.25, 0.3) is 0 Å². The Morgan fingerprint density at radius 3 is 2.26 bits per heavy atom. The largest absolute Gasteiger partial charge is 0.497 e. The molecule has 0 aliphatic heterocycles. The van der Waals surface area contributed by atoms with Crippen molar-refractivity contribution in [2.45, 2.75) is 24.9 Å². The molecule has 6 nitrogen and oxygen atoms in total. The maximum absolute atomic E-state index is 13.5. The first kappa shape index (κ1) is 24.7. The predicted molar refractivity (Wildman–Crippen MR) is 138 cm³/mol. The van der Waals surface area contributed by atoms with Gasteiger partial charge in [-0.25, -0.2) is 8.42 Å². The number of furan rings is 1. The maximum atomic E-state index is 13.5. The molecule has 0 amide bonds. The number of ether oxygens (including phenoxy) is 1. The first-order valence-corrected chi connectivity index (χ1v) is 12.7. The van der Waals surface area contributed by atoms with E-state index in [2.05, 4.69) is 4.99 Å². The monoisotopic (exact) mass is 508 g/mol. The molecule has 4 rings (SSSR count). The normalized spacial score (nSPS) is 11.9. The van der Waals surface area contributed by atoms with E-state index >= 15 is 0 Å². The van der Waals surface area contributed by atoms with E-state index in [-0.39, 0.29) is 18.0 Å². The van der Waals surface area contributed by atoms with Gasteiger partial charge in [-0.1, -0.05) is 41.4 Å². The van der Waals surface area contributed by atoms with Crippen molar-refractivity contribution in [1.82, 2.24) is 4.31 Å². The number of sulfonamides is 1. The number of aliphatic imine (C=N–C) groups is 1. The average Bonchev–Trinajstić information content (AvgIpc) is 3.31. The van der Waals surface area contributed by atoms with Gasteiger partial charge in [-0.2, -0.15) is 4.31 Å². The molecule has 4 aromatic rings. The average molecular weight is 509 g/mol. The summed E-state index contributed by atoms with van der Waals surface area (Å²) < 4.78 is 39.5. The predicted octanol–water partition coefficient (Wildman–Crippen LogP) is 6.39. The van der Waals surface area contributed by atoms with Gasteiger partial charge in [0, 0.05) is 11.6 Å². The molecule has 0 bridgehead atoms. The number of halogens is 1. The van der Waals surface area contributed by atoms with E-state index in [1.165, 1.54) is 4.31 Å². The van der Waals surface area contributed by atoms with Gasteiger partial charge in [0.05, 0.1) is 30.5 Å². The van der Waals surface area contributed by atoms with Crippen molar-refractivity contribution >= 4 is 33.5 Å². The molecular weight excluding hydrogens is 484 g/mol. The molecule has 0 atom stereocenters. The van der Waals surface area contributed by atoms with E-state index in [0.717, 1.165) is 22.6 Å². The lowest BCUT2D eigenvalue weighted by atomic mass is 10.2. The van der Waals surface area contributed by atoms with Crippen molar-refractivity contribution in [3.8, 4) is 5.75 Å². The SMILES string of the molecule is COc1ccc(N=Cc2ccc(CN(Cc3ccc(Cl)cc3)S(=O)(=O)c3ccc(C)cc3)o2)cc1. The first-order chi connectivity index (χ1) is 16.8. The van der Waals surface area contributed by atoms with Gasteiger partial charge < -0.3 is 9.15 Å². The van der Waals surface area contributed by atoms with E-state index in [1.54, 1.807) is 61.9 Å². The number of hydrogen-bond acceptors (Lipinski definition) is 5. The van der Waals surface area contributed by atoms with Crippen LogP contribution in [0.3, 0.4) is 0 Å². The minimum Gasteiger partial charge on any atom is -0.497 e. The van der Waals surface area contributed by atoms with Crippen molar-refractivity contribution in [3.05, 3.63) is 113 Å². The van der Waals surface area contributed by atoms with E-state index in [0.29, 0.717) is 16.5 Å². The van der Waals surface area contributed by atoms with Crippen molar-refractivity contribution in [3.63, 3.8) is 0 Å². The smallest absolute Gasteiger partial charge is 0.243 e. The Bertz CT molecular complexity index is 1400. The van der Waals surface area contributed by atoms with Crippen LogP contribution in [-0.4, -0.2) is 26.0 Å². The van der Waals surface area contributed by atoms with Crippen LogP contribution in [0, 0.1) is 6.92 Å². The summed E-state index contributed by atoms with van der Waals surface area (Å²) in [7, 11) is -2.17. The number of methoxy groups -OCH3 is 1. The summed E-state index contributed by atoms with van der Waals surface area (Å²) in [5, 5.41) is 0.591. The number of rotatable bonds is 9. The van der Waals surface area contributed by atoms with Gasteiger partial charge in [0.25, 0.3) is 0 Å². The molecule has 8 heteroatoms. The lowest BCUT2D eigenvalue weighted by molar-refractivity contribution is 0.357. The fourth-order valence-corrected chi connectivity index (χ4v) is 4.93. The minimum atomic E-state index is -3.78. The van der Waals surface area contributed by atoms with Crippen LogP contribution >= 0.6 is 11.6 Å². The van der Waals surface area contributed by atoms with Crippen molar-refractivity contribution in [1.29, 1.82) is 0 Å². The van der Waals surface area contributed by atoms with Crippen molar-refractivity contribution in [2.75, 3.05) is 7.11 Å². The highest BCUT2D eigenvalue weighted by molar-refractivity contribution is 7.89. The molecule has 0 spiro atoms. The molecule has 0 radical (unpaired) electrons. The molecular formula is C27H25ClN2O4S. The van der Waals surface area contributed by atoms with Gasteiger partial charge in [0.2, 0.25) is 10.0 Å². The maximum Gasteiger partial charge on any atom is 0.243 e. The summed E-state index contributed by atoms with van der Waals surface area (Å²) in [4.78, 5) is 4.63. The summed E-state index contributed by atoms with van der Waals surface area (Å²) in [5.41, 5.74) is 2.55. The quantitative estimate of drug-likeness (QED) is 0.245. The van der Waals surface area contributed by atoms with Crippen LogP contribution in [0.1, 0.15) is 22.6 Å². The van der Waals surface area contributed by atoms with Crippen molar-refractivity contribution in [2.24, 2.45) is 4.99 Å². The van der Waals surface area contributed by atoms with Crippen LogP contribution in [0.15, 0.2) is 99.2 Å². The highest BCUT2D eigenvalue weighted by Crippen LogP contribution is 2.23. The fraction of sp³-hybridized carbons (Fsp3) is 0.148. The third-order valence-corrected chi connectivity index (χ3v) is 7.42. The summed E-state index contributed by atoms with van der Waals surface area (Å²) in [6.07, 6.45) is 1.60. The third kappa shape index (κ3) is 6.39. The standard InChI is InChI=1S/C27H25ClN2O4S/c1-20-3-15-27(16-4-20)35(31,32)30(18-21-5-7-22(28)8-6-21)19-26-14-13-25(34-26)17-29-23-9-11-24(33-2)12-10-23/h3-17H,18-19H2,1-2H3. The van der Waals surface area contributed by atoms with E-state index in [4.69, 9.17) is 20.8 Å². The van der Waals surface area contributed by atoms with Gasteiger partial charge >= 0.3 is 0 Å². The highest BCUT2D eigenvalue weighted by atomic mass is 35.5. The molecule has 35 heavy (non-hydrogen) atoms. The zero-order valence-electron chi connectivity index (χ0n) is 19.4. The Morgan fingerprint density at radius 2 is 1.60 bits per heavy atom. The van der Waals surface area contributed by atoms with Gasteiger partial charge in [0.15, 0.2) is 0 Å². The Labute approximate surface area is 210 Å². The van der Waals surface area contributed by atoms with Crippen LogP contribution < -0.4 is 4.74 Å². The van der Waals surface area contributed by atoms with E-state index in [1.807, 2.05) is 43.3 Å². The molecule has 0 aliphatic carbocycles. The van der Waals surface area contributed by atoms with Crippen LogP contribution in [0.5, 0.6) is 5.75 Å². The van der Waals surface area contributed by atoms with Crippen LogP contribution in [0.2, 0.25) is 5.02 Å². The second-order valence-corrected chi connectivity index (χ2v) is 10.3. The lowest BCUT2D eigenvalue weighted by Gasteiger charge is -2.21. The molecule has 0 aliphatic rings. The zero-order chi connectivity index (χ0) is 24.8. The highest BCUT2D eigenvalue weighted by Gasteiger charge is 2.26. The van der Waals surface area contributed by atoms with E-state index < -0.39 is 10.0 Å². The lowest BCUT2D eigenvalue weighted by Crippen LogP contribution is -2.30. The van der Waals surface area contributed by atoms with Crippen LogP contribution in [-0.2, 0) is 23.1 Å². The molecule has 1 aromatic heterocycles. The summed E-state index contributed by atoms with van der Waals surface area (Å²) in [6, 6.07) is 24.8. The second kappa shape index (κ2) is 10.9. The molecule has 0 N–H and O–H groups in total. The third-order valence-electron chi connectivity index (χ3n) is 5.36. The second-order valence-electron chi connectivity index (χ2n) is 7.97. The topological polar surface area (TPSA) is 72.1 Å². The summed E-state index contributed by atoms with van der Waals surface area (Å²) >= 11 is 6.00. The number of benzene rings is 3. The van der Waals surface area contributed by atoms with Crippen molar-refractivity contribution < 1.29 is 17.6 Å². The van der Waals surface area contributed by atoms with Crippen LogP contribution in [0.4, 0.5) is 5.69 Å². The first-order valence-electron chi connectivity index (χ1n) is 10.9. The Balaban J connectivity index is 1.57. The van der Waals surface area contributed by atoms with E-state index in [9.17, 15) is 8.42 Å². The number of aryl methyl sites for hydroxylation is 1. The Hall–Kier alpha value is -3.39.